The molecule has 1 saturated heterocycles. The van der Waals surface area contributed by atoms with E-state index >= 15 is 0 Å². The van der Waals surface area contributed by atoms with E-state index < -0.39 is 15.1 Å². The predicted octanol–water partition coefficient (Wildman–Crippen LogP) is 4.28. The second-order valence-electron chi connectivity index (χ2n) is 7.49. The molecule has 1 aromatic heterocycles. The van der Waals surface area contributed by atoms with Gasteiger partial charge < -0.3 is 19.1 Å². The minimum atomic E-state index is -3.37. The Balaban J connectivity index is 1.46. The van der Waals surface area contributed by atoms with Crippen molar-refractivity contribution in [1.82, 2.24) is 4.98 Å². The predicted molar refractivity (Wildman–Crippen MR) is 126 cm³/mol. The van der Waals surface area contributed by atoms with Crippen LogP contribution in [0.3, 0.4) is 0 Å². The first-order valence-electron chi connectivity index (χ1n) is 10.3. The minimum Gasteiger partial charge on any atom is -0.497 e. The fraction of sp³-hybridized carbons (Fsp3) is 0.348. The first kappa shape index (κ1) is 22.4. The molecule has 0 spiro atoms. The molecule has 9 heteroatoms. The van der Waals surface area contributed by atoms with Gasteiger partial charge in [0.2, 0.25) is 0 Å². The Morgan fingerprint density at radius 3 is 2.22 bits per heavy atom. The third-order valence-electron chi connectivity index (χ3n) is 5.72. The van der Waals surface area contributed by atoms with E-state index in [1.165, 1.54) is 0 Å². The van der Waals surface area contributed by atoms with Crippen LogP contribution in [-0.2, 0) is 9.84 Å². The highest BCUT2D eigenvalue weighted by molar-refractivity contribution is 7.92. The number of aromatic nitrogens is 1. The summed E-state index contributed by atoms with van der Waals surface area (Å²) < 4.78 is 42.0. The summed E-state index contributed by atoms with van der Waals surface area (Å²) in [4.78, 5) is 7.30. The molecule has 1 aliphatic heterocycles. The monoisotopic (exact) mass is 474 g/mol. The number of benzene rings is 2. The molecule has 2 heterocycles. The summed E-state index contributed by atoms with van der Waals surface area (Å²) in [5, 5.41) is 2.49. The highest BCUT2D eigenvalue weighted by Crippen LogP contribution is 2.37. The lowest BCUT2D eigenvalue weighted by Gasteiger charge is -2.31. The number of methoxy groups -OCH3 is 3. The number of rotatable bonds is 7. The van der Waals surface area contributed by atoms with Crippen LogP contribution in [0.1, 0.15) is 12.8 Å². The normalized spacial score (nSPS) is 14.9. The van der Waals surface area contributed by atoms with E-state index in [-0.39, 0.29) is 0 Å². The topological polar surface area (TPSA) is 78.0 Å². The van der Waals surface area contributed by atoms with Gasteiger partial charge in [-0.3, -0.25) is 0 Å². The summed E-state index contributed by atoms with van der Waals surface area (Å²) >= 11 is 1.55. The number of nitrogens with zero attached hydrogens (tertiary/aromatic N) is 2. The Morgan fingerprint density at radius 2 is 1.59 bits per heavy atom. The van der Waals surface area contributed by atoms with Crippen molar-refractivity contribution in [2.45, 2.75) is 23.0 Å². The summed E-state index contributed by atoms with van der Waals surface area (Å²) in [6.45, 7) is 1.29. The van der Waals surface area contributed by atoms with Crippen molar-refractivity contribution in [2.24, 2.45) is 0 Å². The third-order valence-corrected chi connectivity index (χ3v) is 8.90. The van der Waals surface area contributed by atoms with Gasteiger partial charge in [-0.1, -0.05) is 0 Å². The Hall–Kier alpha value is -2.78. The van der Waals surface area contributed by atoms with Crippen molar-refractivity contribution in [1.29, 1.82) is 0 Å². The maximum Gasteiger partial charge on any atom is 0.185 e. The largest absolute Gasteiger partial charge is 0.497 e. The molecule has 7 nitrogen and oxygen atoms in total. The molecule has 0 saturated carbocycles. The third kappa shape index (κ3) is 4.40. The molecule has 0 atom stereocenters. The molecule has 0 N–H and O–H groups in total. The van der Waals surface area contributed by atoms with E-state index in [1.807, 2.05) is 23.6 Å². The first-order chi connectivity index (χ1) is 15.5. The lowest BCUT2D eigenvalue weighted by molar-refractivity contribution is 0.395. The van der Waals surface area contributed by atoms with E-state index in [1.54, 1.807) is 56.9 Å². The first-order valence-corrected chi connectivity index (χ1v) is 12.7. The van der Waals surface area contributed by atoms with Gasteiger partial charge in [0, 0.05) is 30.1 Å². The van der Waals surface area contributed by atoms with Crippen molar-refractivity contribution < 1.29 is 22.6 Å². The quantitative estimate of drug-likeness (QED) is 0.506. The molecule has 3 aromatic rings. The Bertz CT molecular complexity index is 1170. The summed E-state index contributed by atoms with van der Waals surface area (Å²) in [5.41, 5.74) is 1.73. The Morgan fingerprint density at radius 1 is 0.938 bits per heavy atom. The van der Waals surface area contributed by atoms with E-state index in [9.17, 15) is 8.42 Å². The number of hydrogen-bond donors (Lipinski definition) is 0. The molecule has 0 radical (unpaired) electrons. The van der Waals surface area contributed by atoms with Gasteiger partial charge in [-0.2, -0.15) is 0 Å². The second-order valence-corrected chi connectivity index (χ2v) is 10.6. The summed E-state index contributed by atoms with van der Waals surface area (Å²) in [7, 11) is 1.43. The lowest BCUT2D eigenvalue weighted by Crippen LogP contribution is -2.39. The zero-order chi connectivity index (χ0) is 22.7. The molecule has 2 aromatic carbocycles. The molecule has 0 aliphatic carbocycles. The number of ether oxygens (including phenoxy) is 3. The number of anilines is 1. The average Bonchev–Trinajstić information content (AvgIpc) is 3.33. The highest BCUT2D eigenvalue weighted by Gasteiger charge is 2.32. The standard InChI is InChI=1S/C23H26N2O5S2/c1-28-16-4-7-18(8-5-16)32(26,27)19-10-12-25(13-11-19)23-24-21(15-31-23)20-9-6-17(29-2)14-22(20)30-3/h4-9,14-15,19H,10-13H2,1-3H3. The van der Waals surface area contributed by atoms with Crippen LogP contribution in [0.25, 0.3) is 11.3 Å². The summed E-state index contributed by atoms with van der Waals surface area (Å²) in [6, 6.07) is 12.3. The van der Waals surface area contributed by atoms with Gasteiger partial charge in [0.15, 0.2) is 15.0 Å². The molecule has 1 aliphatic rings. The van der Waals surface area contributed by atoms with Crippen LogP contribution in [-0.4, -0.2) is 53.1 Å². The molecule has 0 unspecified atom stereocenters. The Kier molecular flexibility index (Phi) is 6.57. The van der Waals surface area contributed by atoms with Gasteiger partial charge in [0.1, 0.15) is 17.2 Å². The van der Waals surface area contributed by atoms with E-state index in [2.05, 4.69) is 4.90 Å². The smallest absolute Gasteiger partial charge is 0.185 e. The maximum atomic E-state index is 13.0. The van der Waals surface area contributed by atoms with Gasteiger partial charge in [-0.05, 0) is 49.2 Å². The van der Waals surface area contributed by atoms with Gasteiger partial charge in [-0.15, -0.1) is 11.3 Å². The number of piperidine rings is 1. The van der Waals surface area contributed by atoms with Crippen LogP contribution in [0, 0.1) is 0 Å². The highest BCUT2D eigenvalue weighted by atomic mass is 32.2. The van der Waals surface area contributed by atoms with Crippen LogP contribution in [0.5, 0.6) is 17.2 Å². The van der Waals surface area contributed by atoms with Crippen molar-refractivity contribution in [3.63, 3.8) is 0 Å². The summed E-state index contributed by atoms with van der Waals surface area (Å²) in [5.74, 6) is 2.07. The maximum absolute atomic E-state index is 13.0. The molecule has 32 heavy (non-hydrogen) atoms. The number of sulfone groups is 1. The minimum absolute atomic E-state index is 0.347. The molecule has 1 fully saturated rings. The fourth-order valence-electron chi connectivity index (χ4n) is 3.86. The van der Waals surface area contributed by atoms with E-state index in [0.717, 1.165) is 22.1 Å². The second kappa shape index (κ2) is 9.38. The van der Waals surface area contributed by atoms with Crippen molar-refractivity contribution in [3.8, 4) is 28.5 Å². The Labute approximate surface area is 192 Å². The zero-order valence-electron chi connectivity index (χ0n) is 18.3. The van der Waals surface area contributed by atoms with Gasteiger partial charge in [0.25, 0.3) is 0 Å². The molecule has 4 rings (SSSR count). The van der Waals surface area contributed by atoms with Gasteiger partial charge >= 0.3 is 0 Å². The number of thiazole rings is 1. The number of hydrogen-bond acceptors (Lipinski definition) is 8. The average molecular weight is 475 g/mol. The zero-order valence-corrected chi connectivity index (χ0v) is 19.9. The van der Waals surface area contributed by atoms with Gasteiger partial charge in [0.05, 0.1) is 37.2 Å². The van der Waals surface area contributed by atoms with Crippen LogP contribution in [0.15, 0.2) is 52.7 Å². The van der Waals surface area contributed by atoms with Crippen LogP contribution >= 0.6 is 11.3 Å². The fourth-order valence-corrected chi connectivity index (χ4v) is 6.47. The molecular weight excluding hydrogens is 448 g/mol. The molecular formula is C23H26N2O5S2. The molecule has 170 valence electrons. The molecule has 0 amide bonds. The SMILES string of the molecule is COc1ccc(S(=O)(=O)C2CCN(c3nc(-c4ccc(OC)cc4OC)cs3)CC2)cc1. The van der Waals surface area contributed by atoms with Crippen molar-refractivity contribution >= 4 is 26.3 Å². The van der Waals surface area contributed by atoms with Crippen molar-refractivity contribution in [2.75, 3.05) is 39.3 Å². The van der Waals surface area contributed by atoms with E-state index in [4.69, 9.17) is 19.2 Å². The van der Waals surface area contributed by atoms with Crippen LogP contribution < -0.4 is 19.1 Å². The lowest BCUT2D eigenvalue weighted by atomic mass is 10.1. The molecule has 0 bridgehead atoms. The van der Waals surface area contributed by atoms with Crippen LogP contribution in [0.2, 0.25) is 0 Å². The summed E-state index contributed by atoms with van der Waals surface area (Å²) in [6.07, 6.45) is 1.13. The van der Waals surface area contributed by atoms with Gasteiger partial charge in [-0.25, -0.2) is 13.4 Å². The van der Waals surface area contributed by atoms with Crippen molar-refractivity contribution in [3.05, 3.63) is 47.8 Å². The van der Waals surface area contributed by atoms with E-state index in [0.29, 0.717) is 42.3 Å². The van der Waals surface area contributed by atoms with Crippen LogP contribution in [0.4, 0.5) is 5.13 Å².